The van der Waals surface area contributed by atoms with Crippen molar-refractivity contribution in [3.63, 3.8) is 0 Å². The molecule has 2 rings (SSSR count). The lowest BCUT2D eigenvalue weighted by atomic mass is 10.1. The monoisotopic (exact) mass is 332 g/mol. The second-order valence-corrected chi connectivity index (χ2v) is 8.34. The number of carbonyl (C=O) groups is 1. The molecule has 0 aliphatic carbocycles. The van der Waals surface area contributed by atoms with Crippen molar-refractivity contribution in [1.82, 2.24) is 0 Å². The van der Waals surface area contributed by atoms with E-state index in [1.54, 1.807) is 24.4 Å². The molecule has 0 aliphatic heterocycles. The summed E-state index contributed by atoms with van der Waals surface area (Å²) in [5.74, 6) is -1.15. The summed E-state index contributed by atoms with van der Waals surface area (Å²) < 4.78 is 18.7. The Bertz CT molecular complexity index is 697. The number of aliphatic carboxylic acids is 1. The van der Waals surface area contributed by atoms with Gasteiger partial charge in [-0.05, 0) is 41.5 Å². The summed E-state index contributed by atoms with van der Waals surface area (Å²) in [5, 5.41) is 12.4. The molecule has 2 atom stereocenters. The molecule has 0 radical (unpaired) electrons. The van der Waals surface area contributed by atoms with Crippen molar-refractivity contribution in [2.45, 2.75) is 12.6 Å². The van der Waals surface area contributed by atoms with E-state index in [-0.39, 0.29) is 6.61 Å². The van der Waals surface area contributed by atoms with Crippen molar-refractivity contribution < 1.29 is 19.0 Å². The zero-order valence-corrected chi connectivity index (χ0v) is 13.5. The zero-order valence-electron chi connectivity index (χ0n) is 11.0. The fraction of sp³-hybridized carbons (Fsp3) is 0.308. The number of rotatable bonds is 5. The molecule has 0 fully saturated rings. The standard InChI is InChI=1S/C13H14ClO4PS/c1-3-18-19(2,17)12(13(15)16)10-7-20-11-5-4-8(14)6-9(10)11/h4-7,12H,3H2,1-2H3,(H,15,16)/t12-,19-/m0/s1. The third-order valence-electron chi connectivity index (χ3n) is 2.95. The first-order chi connectivity index (χ1) is 9.36. The van der Waals surface area contributed by atoms with E-state index in [0.29, 0.717) is 10.6 Å². The largest absolute Gasteiger partial charge is 0.480 e. The molecule has 1 heterocycles. The van der Waals surface area contributed by atoms with Gasteiger partial charge in [0, 0.05) is 16.4 Å². The molecular formula is C13H14ClO4PS. The van der Waals surface area contributed by atoms with E-state index in [0.717, 1.165) is 10.1 Å². The minimum absolute atomic E-state index is 0.209. The van der Waals surface area contributed by atoms with Crippen molar-refractivity contribution in [1.29, 1.82) is 0 Å². The number of hydrogen-bond acceptors (Lipinski definition) is 4. The lowest BCUT2D eigenvalue weighted by Crippen LogP contribution is -2.13. The second-order valence-electron chi connectivity index (χ2n) is 4.40. The van der Waals surface area contributed by atoms with Gasteiger partial charge in [0.2, 0.25) is 7.37 Å². The van der Waals surface area contributed by atoms with Gasteiger partial charge in [0.15, 0.2) is 5.66 Å². The maximum absolute atomic E-state index is 12.6. The van der Waals surface area contributed by atoms with Crippen molar-refractivity contribution in [3.05, 3.63) is 34.2 Å². The first-order valence-corrected chi connectivity index (χ1v) is 9.38. The molecule has 0 saturated heterocycles. The summed E-state index contributed by atoms with van der Waals surface area (Å²) in [6.07, 6.45) is 0. The molecule has 108 valence electrons. The van der Waals surface area contributed by atoms with Gasteiger partial charge in [-0.15, -0.1) is 11.3 Å². The minimum atomic E-state index is -3.30. The molecule has 0 aliphatic rings. The van der Waals surface area contributed by atoms with Crippen molar-refractivity contribution >= 4 is 46.4 Å². The van der Waals surface area contributed by atoms with Gasteiger partial charge in [0.05, 0.1) is 6.61 Å². The Hall–Kier alpha value is -0.870. The highest BCUT2D eigenvalue weighted by molar-refractivity contribution is 7.59. The highest BCUT2D eigenvalue weighted by Gasteiger charge is 2.38. The van der Waals surface area contributed by atoms with Crippen LogP contribution in [0.1, 0.15) is 18.1 Å². The van der Waals surface area contributed by atoms with Crippen molar-refractivity contribution in [2.24, 2.45) is 0 Å². The highest BCUT2D eigenvalue weighted by atomic mass is 35.5. The Morgan fingerprint density at radius 3 is 2.85 bits per heavy atom. The smallest absolute Gasteiger partial charge is 0.320 e. The van der Waals surface area contributed by atoms with E-state index < -0.39 is 19.0 Å². The SMILES string of the molecule is CCO[P@](C)(=O)[C@H](C(=O)O)c1csc2ccc(Cl)cc12. The van der Waals surface area contributed by atoms with Crippen LogP contribution < -0.4 is 0 Å². The maximum Gasteiger partial charge on any atom is 0.320 e. The molecule has 20 heavy (non-hydrogen) atoms. The number of halogens is 1. The van der Waals surface area contributed by atoms with Crippen LogP contribution in [0, 0.1) is 0 Å². The summed E-state index contributed by atoms with van der Waals surface area (Å²) in [7, 11) is -3.30. The lowest BCUT2D eigenvalue weighted by molar-refractivity contribution is -0.136. The third-order valence-corrected chi connectivity index (χ3v) is 6.37. The number of fused-ring (bicyclic) bond motifs is 1. The molecule has 0 bridgehead atoms. The van der Waals surface area contributed by atoms with E-state index in [9.17, 15) is 14.5 Å². The highest BCUT2D eigenvalue weighted by Crippen LogP contribution is 2.58. The van der Waals surface area contributed by atoms with Gasteiger partial charge >= 0.3 is 5.97 Å². The number of carboxylic acids is 1. The predicted molar refractivity (Wildman–Crippen MR) is 82.4 cm³/mol. The van der Waals surface area contributed by atoms with Crippen LogP contribution in [0.5, 0.6) is 0 Å². The van der Waals surface area contributed by atoms with Crippen molar-refractivity contribution in [3.8, 4) is 0 Å². The van der Waals surface area contributed by atoms with E-state index >= 15 is 0 Å². The van der Waals surface area contributed by atoms with E-state index in [4.69, 9.17) is 16.1 Å². The predicted octanol–water partition coefficient (Wildman–Crippen LogP) is 4.62. The van der Waals surface area contributed by atoms with Crippen molar-refractivity contribution in [2.75, 3.05) is 13.3 Å². The fourth-order valence-electron chi connectivity index (χ4n) is 2.15. The Morgan fingerprint density at radius 1 is 1.55 bits per heavy atom. The summed E-state index contributed by atoms with van der Waals surface area (Å²) in [4.78, 5) is 11.6. The molecule has 1 aromatic heterocycles. The Morgan fingerprint density at radius 2 is 2.25 bits per heavy atom. The first-order valence-electron chi connectivity index (χ1n) is 5.98. The molecular weight excluding hydrogens is 319 g/mol. The molecule has 2 aromatic rings. The average Bonchev–Trinajstić information content (AvgIpc) is 2.71. The maximum atomic E-state index is 12.6. The molecule has 0 unspecified atom stereocenters. The Labute approximate surface area is 125 Å². The topological polar surface area (TPSA) is 63.6 Å². The van der Waals surface area contributed by atoms with Crippen LogP contribution in [0.3, 0.4) is 0 Å². The molecule has 4 nitrogen and oxygen atoms in total. The van der Waals surface area contributed by atoms with Crippen LogP contribution in [0.4, 0.5) is 0 Å². The van der Waals surface area contributed by atoms with Gasteiger partial charge in [-0.2, -0.15) is 0 Å². The van der Waals surface area contributed by atoms with E-state index in [1.165, 1.54) is 18.0 Å². The lowest BCUT2D eigenvalue weighted by Gasteiger charge is -2.20. The summed E-state index contributed by atoms with van der Waals surface area (Å²) in [6, 6.07) is 5.27. The zero-order chi connectivity index (χ0) is 14.9. The van der Waals surface area contributed by atoms with Gasteiger partial charge in [-0.1, -0.05) is 11.6 Å². The van der Waals surface area contributed by atoms with Crippen LogP contribution in [0.15, 0.2) is 23.6 Å². The fourth-order valence-corrected chi connectivity index (χ4v) is 5.17. The summed E-state index contributed by atoms with van der Waals surface area (Å²) in [5.41, 5.74) is -0.672. The normalized spacial score (nSPS) is 15.9. The first kappa shape index (κ1) is 15.5. The Kier molecular flexibility index (Phi) is 4.55. The Balaban J connectivity index is 2.61. The van der Waals surface area contributed by atoms with Gasteiger partial charge < -0.3 is 9.63 Å². The van der Waals surface area contributed by atoms with E-state index in [1.807, 2.05) is 6.07 Å². The van der Waals surface area contributed by atoms with Gasteiger partial charge in [0.25, 0.3) is 0 Å². The quantitative estimate of drug-likeness (QED) is 0.811. The summed E-state index contributed by atoms with van der Waals surface area (Å²) in [6.45, 7) is 3.27. The number of thiophene rings is 1. The van der Waals surface area contributed by atoms with E-state index in [2.05, 4.69) is 0 Å². The molecule has 0 amide bonds. The molecule has 0 spiro atoms. The molecule has 7 heteroatoms. The van der Waals surface area contributed by atoms with Crippen LogP contribution in [-0.4, -0.2) is 24.3 Å². The summed E-state index contributed by atoms with van der Waals surface area (Å²) >= 11 is 7.37. The third kappa shape index (κ3) is 2.91. The van der Waals surface area contributed by atoms with Gasteiger partial charge in [0.1, 0.15) is 0 Å². The number of benzene rings is 1. The number of hydrogen-bond donors (Lipinski definition) is 1. The van der Waals surface area contributed by atoms with Crippen LogP contribution >= 0.6 is 30.3 Å². The number of carboxylic acid groups (broad SMARTS) is 1. The second kappa shape index (κ2) is 5.86. The molecule has 0 saturated carbocycles. The van der Waals surface area contributed by atoms with Gasteiger partial charge in [-0.3, -0.25) is 9.36 Å². The average molecular weight is 333 g/mol. The molecule has 1 N–H and O–H groups in total. The molecule has 1 aromatic carbocycles. The minimum Gasteiger partial charge on any atom is -0.480 e. The van der Waals surface area contributed by atoms with Crippen LogP contribution in [0.2, 0.25) is 5.02 Å². The van der Waals surface area contributed by atoms with Crippen LogP contribution in [-0.2, 0) is 13.9 Å². The van der Waals surface area contributed by atoms with Gasteiger partial charge in [-0.25, -0.2) is 0 Å². The van der Waals surface area contributed by atoms with Crippen LogP contribution in [0.25, 0.3) is 10.1 Å².